The lowest BCUT2D eigenvalue weighted by Gasteiger charge is -2.26. The van der Waals surface area contributed by atoms with Crippen molar-refractivity contribution in [3.63, 3.8) is 0 Å². The molecule has 1 aromatic heterocycles. The molecule has 0 fully saturated rings. The fourth-order valence-electron chi connectivity index (χ4n) is 3.14. The van der Waals surface area contributed by atoms with Crippen molar-refractivity contribution in [3.05, 3.63) is 79.2 Å². The minimum atomic E-state index is -3.76. The van der Waals surface area contributed by atoms with Crippen LogP contribution in [0.2, 0.25) is 5.02 Å². The second-order valence-corrected chi connectivity index (χ2v) is 10.7. The Balaban J connectivity index is 1.71. The first kappa shape index (κ1) is 27.4. The summed E-state index contributed by atoms with van der Waals surface area (Å²) in [6, 6.07) is 14.4. The van der Waals surface area contributed by atoms with Gasteiger partial charge < -0.3 is 14.6 Å². The Morgan fingerprint density at radius 2 is 1.86 bits per heavy atom. The van der Waals surface area contributed by atoms with E-state index in [9.17, 15) is 14.5 Å². The van der Waals surface area contributed by atoms with Gasteiger partial charge in [0, 0.05) is 25.7 Å². The fraction of sp³-hybridized carbons (Fsp3) is 0.348. The molecule has 0 bridgehead atoms. The maximum Gasteiger partial charge on any atom is 0.476 e. The first-order valence-corrected chi connectivity index (χ1v) is 13.3. The van der Waals surface area contributed by atoms with Crippen molar-refractivity contribution in [1.82, 2.24) is 4.98 Å². The monoisotopic (exact) mass is 543 g/mol. The molecule has 0 saturated carbocycles. The van der Waals surface area contributed by atoms with Crippen molar-refractivity contribution in [2.45, 2.75) is 32.2 Å². The molecular weight excluding hydrogens is 517 g/mol. The minimum absolute atomic E-state index is 0.110. The molecule has 0 aliphatic rings. The van der Waals surface area contributed by atoms with E-state index >= 15 is 0 Å². The molecule has 3 aromatic rings. The minimum Gasteiger partial charge on any atom is -0.494 e. The number of hydrogen-bond donors (Lipinski definition) is 2. The van der Waals surface area contributed by atoms with Gasteiger partial charge >= 0.3 is 12.7 Å². The van der Waals surface area contributed by atoms with Crippen LogP contribution in [0.1, 0.15) is 35.5 Å². The maximum absolute atomic E-state index is 12.4. The van der Waals surface area contributed by atoms with Gasteiger partial charge in [0.05, 0.1) is 4.88 Å². The maximum atomic E-state index is 12.4. The molecule has 0 aliphatic carbocycles. The Labute approximate surface area is 212 Å². The van der Waals surface area contributed by atoms with E-state index in [4.69, 9.17) is 34.6 Å². The Morgan fingerprint density at radius 1 is 1.14 bits per heavy atom. The molecule has 0 spiro atoms. The Bertz CT molecular complexity index is 1190. The van der Waals surface area contributed by atoms with E-state index in [1.165, 1.54) is 14.2 Å². The van der Waals surface area contributed by atoms with Crippen LogP contribution in [-0.4, -0.2) is 37.2 Å². The van der Waals surface area contributed by atoms with Crippen LogP contribution in [0.25, 0.3) is 0 Å². The molecule has 2 unspecified atom stereocenters. The first-order chi connectivity index (χ1) is 16.7. The molecule has 0 saturated heterocycles. The SMILES string of the molecule is CCC(OC(COc1ccc(Cc2sc(=O)[nH]c2O)cc1)c1cccc(Cl)c1)OP(=O)(OC)OC. The molecule has 0 aliphatic heterocycles. The number of nitrogens with one attached hydrogen (secondary N) is 1. The Hall–Kier alpha value is -2.17. The molecule has 12 heteroatoms. The summed E-state index contributed by atoms with van der Waals surface area (Å²) in [6.45, 7) is 1.93. The van der Waals surface area contributed by atoms with Crippen molar-refractivity contribution in [2.75, 3.05) is 20.8 Å². The molecule has 190 valence electrons. The molecule has 0 amide bonds. The van der Waals surface area contributed by atoms with Gasteiger partial charge in [-0.15, -0.1) is 0 Å². The van der Waals surface area contributed by atoms with E-state index < -0.39 is 20.2 Å². The second-order valence-electron chi connectivity index (χ2n) is 7.35. The predicted octanol–water partition coefficient (Wildman–Crippen LogP) is 5.68. The number of aromatic amines is 1. The third-order valence-electron chi connectivity index (χ3n) is 4.95. The average molecular weight is 544 g/mol. The van der Waals surface area contributed by atoms with Crippen LogP contribution in [-0.2, 0) is 29.3 Å². The summed E-state index contributed by atoms with van der Waals surface area (Å²) in [6.07, 6.45) is -0.703. The van der Waals surface area contributed by atoms with Crippen molar-refractivity contribution >= 4 is 30.8 Å². The van der Waals surface area contributed by atoms with Gasteiger partial charge in [-0.1, -0.05) is 54.1 Å². The standard InChI is InChI=1S/C23H27ClNO8PS/c1-4-21(33-34(28,29-2)30-3)32-19(16-6-5-7-17(24)13-16)14-31-18-10-8-15(9-11-18)12-20-22(26)25-23(27)35-20/h5-11,13,19,21,26H,4,12,14H2,1-3H3,(H,25,27). The second kappa shape index (κ2) is 12.7. The fourth-order valence-corrected chi connectivity index (χ4v) is 4.90. The zero-order chi connectivity index (χ0) is 25.4. The number of H-pyrrole nitrogens is 1. The van der Waals surface area contributed by atoms with Crippen LogP contribution in [0.15, 0.2) is 53.3 Å². The Kier molecular flexibility index (Phi) is 9.94. The summed E-state index contributed by atoms with van der Waals surface area (Å²) in [5.41, 5.74) is 1.65. The number of aromatic nitrogens is 1. The number of phosphoric acid groups is 1. The summed E-state index contributed by atoms with van der Waals surface area (Å²) >= 11 is 7.15. The van der Waals surface area contributed by atoms with Crippen molar-refractivity contribution in [2.24, 2.45) is 0 Å². The summed E-state index contributed by atoms with van der Waals surface area (Å²) in [5, 5.41) is 10.3. The quantitative estimate of drug-likeness (QED) is 0.209. The number of aromatic hydroxyl groups is 1. The van der Waals surface area contributed by atoms with E-state index in [1.807, 2.05) is 25.1 Å². The number of ether oxygens (including phenoxy) is 2. The number of halogens is 1. The van der Waals surface area contributed by atoms with Gasteiger partial charge in [0.2, 0.25) is 5.88 Å². The lowest BCUT2D eigenvalue weighted by Crippen LogP contribution is -2.23. The van der Waals surface area contributed by atoms with Gasteiger partial charge in [-0.25, -0.2) is 4.57 Å². The smallest absolute Gasteiger partial charge is 0.476 e. The number of thiazole rings is 1. The van der Waals surface area contributed by atoms with E-state index in [-0.39, 0.29) is 17.4 Å². The van der Waals surface area contributed by atoms with E-state index in [1.54, 1.807) is 30.3 Å². The van der Waals surface area contributed by atoms with Crippen molar-refractivity contribution in [1.29, 1.82) is 0 Å². The lowest BCUT2D eigenvalue weighted by molar-refractivity contribution is -0.142. The molecule has 35 heavy (non-hydrogen) atoms. The normalized spacial score (nSPS) is 13.5. The number of phosphoric ester groups is 1. The van der Waals surface area contributed by atoms with Crippen LogP contribution in [0, 0.1) is 0 Å². The first-order valence-electron chi connectivity index (χ1n) is 10.7. The number of benzene rings is 2. The third kappa shape index (κ3) is 7.91. The highest BCUT2D eigenvalue weighted by Crippen LogP contribution is 2.49. The van der Waals surface area contributed by atoms with Crippen molar-refractivity contribution < 1.29 is 32.7 Å². The zero-order valence-corrected chi connectivity index (χ0v) is 21.9. The molecular formula is C23H27ClNO8PS. The highest BCUT2D eigenvalue weighted by molar-refractivity contribution is 7.48. The molecule has 2 N–H and O–H groups in total. The third-order valence-corrected chi connectivity index (χ3v) is 7.45. The van der Waals surface area contributed by atoms with Crippen LogP contribution in [0.3, 0.4) is 0 Å². The average Bonchev–Trinajstić information content (AvgIpc) is 3.17. The largest absolute Gasteiger partial charge is 0.494 e. The molecule has 1 heterocycles. The van der Waals surface area contributed by atoms with Crippen LogP contribution >= 0.6 is 30.8 Å². The molecule has 2 aromatic carbocycles. The van der Waals surface area contributed by atoms with Crippen molar-refractivity contribution in [3.8, 4) is 11.6 Å². The van der Waals surface area contributed by atoms with E-state index in [0.717, 1.165) is 22.5 Å². The molecule has 3 rings (SSSR count). The van der Waals surface area contributed by atoms with E-state index in [0.29, 0.717) is 28.5 Å². The van der Waals surface area contributed by atoms with Crippen LogP contribution in [0.5, 0.6) is 11.6 Å². The molecule has 0 radical (unpaired) electrons. The lowest BCUT2D eigenvalue weighted by atomic mass is 10.1. The summed E-state index contributed by atoms with van der Waals surface area (Å²) in [4.78, 5) is 14.0. The molecule has 9 nitrogen and oxygen atoms in total. The predicted molar refractivity (Wildman–Crippen MR) is 133 cm³/mol. The summed E-state index contributed by atoms with van der Waals surface area (Å²) in [7, 11) is -1.29. The van der Waals surface area contributed by atoms with Crippen LogP contribution in [0.4, 0.5) is 0 Å². The van der Waals surface area contributed by atoms with Gasteiger partial charge in [0.1, 0.15) is 18.5 Å². The van der Waals surface area contributed by atoms with Gasteiger partial charge in [-0.3, -0.25) is 23.3 Å². The molecule has 2 atom stereocenters. The van der Waals surface area contributed by atoms with Gasteiger partial charge in [0.15, 0.2) is 6.29 Å². The van der Waals surface area contributed by atoms with E-state index in [2.05, 4.69) is 4.98 Å². The van der Waals surface area contributed by atoms with Gasteiger partial charge in [-0.05, 0) is 41.8 Å². The zero-order valence-electron chi connectivity index (χ0n) is 19.4. The number of hydrogen-bond acceptors (Lipinski definition) is 9. The van der Waals surface area contributed by atoms with Gasteiger partial charge in [0.25, 0.3) is 0 Å². The summed E-state index contributed by atoms with van der Waals surface area (Å²) < 4.78 is 39.7. The topological polar surface area (TPSA) is 116 Å². The highest BCUT2D eigenvalue weighted by atomic mass is 35.5. The summed E-state index contributed by atoms with van der Waals surface area (Å²) in [5.74, 6) is 0.477. The number of rotatable bonds is 13. The van der Waals surface area contributed by atoms with Gasteiger partial charge in [-0.2, -0.15) is 0 Å². The Morgan fingerprint density at radius 3 is 2.43 bits per heavy atom. The highest BCUT2D eigenvalue weighted by Gasteiger charge is 2.30. The van der Waals surface area contributed by atoms with Crippen LogP contribution < -0.4 is 9.61 Å².